The normalized spacial score (nSPS) is 17.0. The molecule has 1 aromatic carbocycles. The second-order valence-electron chi connectivity index (χ2n) is 6.94. The Balaban J connectivity index is 1.61. The lowest BCUT2D eigenvalue weighted by atomic mass is 10.1. The molecule has 1 aromatic heterocycles. The summed E-state index contributed by atoms with van der Waals surface area (Å²) in [5.74, 6) is 0.206. The number of aryl methyl sites for hydroxylation is 1. The minimum absolute atomic E-state index is 0.206. The molecule has 1 aliphatic heterocycles. The molecule has 0 aliphatic carbocycles. The summed E-state index contributed by atoms with van der Waals surface area (Å²) in [7, 11) is 4.15. The summed E-state index contributed by atoms with van der Waals surface area (Å²) >= 11 is 5.91. The largest absolute Gasteiger partial charge is 0.335 e. The highest BCUT2D eigenvalue weighted by atomic mass is 35.5. The fraction of sp³-hybridized carbons (Fsp3) is 0.474. The van der Waals surface area contributed by atoms with Crippen LogP contribution in [0.4, 0.5) is 0 Å². The molecule has 1 atom stereocenters. The SMILES string of the molecule is CN(C)CC[C@@H]1CN(C(=O)CCc2ccc(Cl)cc2)Cc2cncn21. The summed E-state index contributed by atoms with van der Waals surface area (Å²) in [5, 5.41) is 0.725. The van der Waals surface area contributed by atoms with E-state index in [1.807, 2.05) is 41.7 Å². The van der Waals surface area contributed by atoms with Crippen molar-refractivity contribution in [1.29, 1.82) is 0 Å². The van der Waals surface area contributed by atoms with Gasteiger partial charge in [-0.25, -0.2) is 4.98 Å². The molecule has 0 saturated heterocycles. The zero-order valence-electron chi connectivity index (χ0n) is 14.9. The molecule has 0 radical (unpaired) electrons. The smallest absolute Gasteiger partial charge is 0.223 e. The van der Waals surface area contributed by atoms with E-state index in [9.17, 15) is 4.79 Å². The molecule has 0 saturated carbocycles. The molecule has 0 spiro atoms. The molecular formula is C19H25ClN4O. The monoisotopic (exact) mass is 360 g/mol. The van der Waals surface area contributed by atoms with Gasteiger partial charge in [-0.05, 0) is 51.2 Å². The van der Waals surface area contributed by atoms with Crippen molar-refractivity contribution in [3.05, 3.63) is 53.1 Å². The first kappa shape index (κ1) is 18.0. The Bertz CT molecular complexity index is 710. The minimum Gasteiger partial charge on any atom is -0.335 e. The first-order valence-electron chi connectivity index (χ1n) is 8.70. The van der Waals surface area contributed by atoms with Gasteiger partial charge in [-0.2, -0.15) is 0 Å². The van der Waals surface area contributed by atoms with Gasteiger partial charge in [-0.3, -0.25) is 4.79 Å². The maximum atomic E-state index is 12.7. The third-order valence-corrected chi connectivity index (χ3v) is 4.98. The number of halogens is 1. The standard InChI is InChI=1S/C19H25ClN4O/c1-22(2)10-9-17-12-23(13-18-11-21-14-24(17)18)19(25)8-5-15-3-6-16(20)7-4-15/h3-4,6-7,11,14,17H,5,8-10,12-13H2,1-2H3/t17-/m1/s1. The molecule has 0 bridgehead atoms. The number of hydrogen-bond donors (Lipinski definition) is 0. The molecule has 5 nitrogen and oxygen atoms in total. The van der Waals surface area contributed by atoms with Crippen LogP contribution in [0.2, 0.25) is 5.02 Å². The number of imidazole rings is 1. The average molecular weight is 361 g/mol. The van der Waals surface area contributed by atoms with Gasteiger partial charge in [0.05, 0.1) is 24.6 Å². The van der Waals surface area contributed by atoms with Crippen molar-refractivity contribution in [3.63, 3.8) is 0 Å². The molecule has 6 heteroatoms. The summed E-state index contributed by atoms with van der Waals surface area (Å²) in [4.78, 5) is 21.1. The molecule has 1 aliphatic rings. The van der Waals surface area contributed by atoms with Crippen LogP contribution in [0, 0.1) is 0 Å². The van der Waals surface area contributed by atoms with Gasteiger partial charge in [0.25, 0.3) is 0 Å². The van der Waals surface area contributed by atoms with Gasteiger partial charge in [-0.15, -0.1) is 0 Å². The van der Waals surface area contributed by atoms with Crippen molar-refractivity contribution in [2.75, 3.05) is 27.2 Å². The van der Waals surface area contributed by atoms with E-state index >= 15 is 0 Å². The van der Waals surface area contributed by atoms with Gasteiger partial charge in [0, 0.05) is 24.2 Å². The molecule has 2 heterocycles. The summed E-state index contributed by atoms with van der Waals surface area (Å²) < 4.78 is 2.23. The molecule has 0 unspecified atom stereocenters. The van der Waals surface area contributed by atoms with Crippen LogP contribution < -0.4 is 0 Å². The van der Waals surface area contributed by atoms with E-state index in [-0.39, 0.29) is 5.91 Å². The van der Waals surface area contributed by atoms with E-state index in [1.54, 1.807) is 0 Å². The molecule has 0 fully saturated rings. The Hall–Kier alpha value is -1.85. The predicted molar refractivity (Wildman–Crippen MR) is 99.6 cm³/mol. The number of carbonyl (C=O) groups is 1. The average Bonchev–Trinajstić information content (AvgIpc) is 3.07. The Morgan fingerprint density at radius 3 is 2.80 bits per heavy atom. The number of hydrogen-bond acceptors (Lipinski definition) is 3. The molecule has 3 rings (SSSR count). The summed E-state index contributed by atoms with van der Waals surface area (Å²) in [5.41, 5.74) is 2.26. The van der Waals surface area contributed by atoms with Gasteiger partial charge in [0.1, 0.15) is 0 Å². The van der Waals surface area contributed by atoms with Gasteiger partial charge in [-0.1, -0.05) is 23.7 Å². The van der Waals surface area contributed by atoms with E-state index in [2.05, 4.69) is 28.5 Å². The second kappa shape index (κ2) is 8.02. The van der Waals surface area contributed by atoms with Crippen molar-refractivity contribution < 1.29 is 4.79 Å². The number of fused-ring (bicyclic) bond motifs is 1. The highest BCUT2D eigenvalue weighted by molar-refractivity contribution is 6.30. The fourth-order valence-electron chi connectivity index (χ4n) is 3.27. The van der Waals surface area contributed by atoms with Crippen LogP contribution in [0.15, 0.2) is 36.8 Å². The van der Waals surface area contributed by atoms with Crippen molar-refractivity contribution in [1.82, 2.24) is 19.4 Å². The van der Waals surface area contributed by atoms with E-state index < -0.39 is 0 Å². The number of aromatic nitrogens is 2. The Labute approximate surface area is 154 Å². The summed E-state index contributed by atoms with van der Waals surface area (Å²) in [6.07, 6.45) is 6.05. The topological polar surface area (TPSA) is 41.4 Å². The highest BCUT2D eigenvalue weighted by Gasteiger charge is 2.27. The van der Waals surface area contributed by atoms with Crippen LogP contribution in [0.1, 0.15) is 30.1 Å². The first-order valence-corrected chi connectivity index (χ1v) is 9.08. The number of nitrogens with zero attached hydrogens (tertiary/aromatic N) is 4. The van der Waals surface area contributed by atoms with E-state index in [0.717, 1.165) is 42.2 Å². The van der Waals surface area contributed by atoms with Crippen LogP contribution in [0.5, 0.6) is 0 Å². The lowest BCUT2D eigenvalue weighted by molar-refractivity contribution is -0.133. The van der Waals surface area contributed by atoms with Gasteiger partial charge < -0.3 is 14.4 Å². The van der Waals surface area contributed by atoms with Crippen LogP contribution >= 0.6 is 11.6 Å². The predicted octanol–water partition coefficient (Wildman–Crippen LogP) is 3.00. The van der Waals surface area contributed by atoms with Gasteiger partial charge in [0.2, 0.25) is 5.91 Å². The van der Waals surface area contributed by atoms with E-state index in [0.29, 0.717) is 19.0 Å². The first-order chi connectivity index (χ1) is 12.0. The van der Waals surface area contributed by atoms with E-state index in [4.69, 9.17) is 11.6 Å². The Kier molecular flexibility index (Phi) is 5.76. The molecule has 134 valence electrons. The van der Waals surface area contributed by atoms with Crippen molar-refractivity contribution in [2.45, 2.75) is 31.8 Å². The van der Waals surface area contributed by atoms with Crippen LogP contribution in [-0.2, 0) is 17.8 Å². The van der Waals surface area contributed by atoms with E-state index in [1.165, 1.54) is 0 Å². The summed E-state index contributed by atoms with van der Waals surface area (Å²) in [6, 6.07) is 8.02. The number of amides is 1. The molecular weight excluding hydrogens is 336 g/mol. The molecule has 25 heavy (non-hydrogen) atoms. The Morgan fingerprint density at radius 1 is 1.32 bits per heavy atom. The molecule has 2 aromatic rings. The third kappa shape index (κ3) is 4.61. The third-order valence-electron chi connectivity index (χ3n) is 4.73. The lowest BCUT2D eigenvalue weighted by Crippen LogP contribution is -2.41. The highest BCUT2D eigenvalue weighted by Crippen LogP contribution is 2.24. The molecule has 0 N–H and O–H groups in total. The Morgan fingerprint density at radius 2 is 2.08 bits per heavy atom. The van der Waals surface area contributed by atoms with Gasteiger partial charge in [0.15, 0.2) is 0 Å². The number of rotatable bonds is 6. The lowest BCUT2D eigenvalue weighted by Gasteiger charge is -2.35. The summed E-state index contributed by atoms with van der Waals surface area (Å²) in [6.45, 7) is 2.41. The van der Waals surface area contributed by atoms with Crippen molar-refractivity contribution >= 4 is 17.5 Å². The number of benzene rings is 1. The quantitative estimate of drug-likeness (QED) is 0.795. The van der Waals surface area contributed by atoms with Crippen molar-refractivity contribution in [2.24, 2.45) is 0 Å². The zero-order chi connectivity index (χ0) is 17.8. The van der Waals surface area contributed by atoms with Gasteiger partial charge >= 0.3 is 0 Å². The van der Waals surface area contributed by atoms with Crippen LogP contribution in [0.25, 0.3) is 0 Å². The minimum atomic E-state index is 0.206. The maximum Gasteiger partial charge on any atom is 0.223 e. The fourth-order valence-corrected chi connectivity index (χ4v) is 3.40. The second-order valence-corrected chi connectivity index (χ2v) is 7.38. The zero-order valence-corrected chi connectivity index (χ0v) is 15.6. The van der Waals surface area contributed by atoms with Crippen molar-refractivity contribution in [3.8, 4) is 0 Å². The van der Waals surface area contributed by atoms with Crippen LogP contribution in [-0.4, -0.2) is 52.4 Å². The molecule has 1 amide bonds. The maximum absolute atomic E-state index is 12.7. The van der Waals surface area contributed by atoms with Crippen LogP contribution in [0.3, 0.4) is 0 Å². The number of carbonyl (C=O) groups excluding carboxylic acids is 1.